The van der Waals surface area contributed by atoms with E-state index in [2.05, 4.69) is 4.57 Å². The third-order valence-electron chi connectivity index (χ3n) is 3.41. The van der Waals surface area contributed by atoms with Crippen LogP contribution in [-0.4, -0.2) is 15.9 Å². The molecular weight excluding hydrogens is 236 g/mol. The first kappa shape index (κ1) is 11.5. The molecule has 3 heteroatoms. The molecule has 94 valence electrons. The number of benzene rings is 2. The van der Waals surface area contributed by atoms with Gasteiger partial charge in [0.05, 0.1) is 5.52 Å². The Morgan fingerprint density at radius 3 is 2.42 bits per heavy atom. The second kappa shape index (κ2) is 4.28. The van der Waals surface area contributed by atoms with E-state index in [-0.39, 0.29) is 5.75 Å². The zero-order valence-corrected chi connectivity index (χ0v) is 10.6. The predicted octanol–water partition coefficient (Wildman–Crippen LogP) is 3.64. The Bertz CT molecular complexity index is 754. The monoisotopic (exact) mass is 250 g/mol. The van der Waals surface area contributed by atoms with Crippen molar-refractivity contribution in [3.63, 3.8) is 0 Å². The van der Waals surface area contributed by atoms with Gasteiger partial charge in [-0.2, -0.15) is 0 Å². The number of nitrogens with one attached hydrogen (secondary N) is 1. The summed E-state index contributed by atoms with van der Waals surface area (Å²) in [5.74, 6) is 0.255. The highest BCUT2D eigenvalue weighted by Crippen LogP contribution is 2.28. The van der Waals surface area contributed by atoms with E-state index >= 15 is 0 Å². The Morgan fingerprint density at radius 2 is 1.74 bits per heavy atom. The van der Waals surface area contributed by atoms with Crippen LogP contribution < -0.4 is 0 Å². The molecule has 0 amide bonds. The predicted molar refractivity (Wildman–Crippen MR) is 77.6 cm³/mol. The lowest BCUT2D eigenvalue weighted by Gasteiger charge is -2.08. The highest BCUT2D eigenvalue weighted by molar-refractivity contribution is 6.01. The van der Waals surface area contributed by atoms with Crippen LogP contribution in [0.5, 0.6) is 5.75 Å². The fraction of sp³-hybridized carbons (Fsp3) is 0.0625. The van der Waals surface area contributed by atoms with Gasteiger partial charge in [-0.3, -0.25) is 0 Å². The summed E-state index contributed by atoms with van der Waals surface area (Å²) in [6, 6.07) is 15.1. The average molecular weight is 250 g/mol. The van der Waals surface area contributed by atoms with E-state index in [4.69, 9.17) is 5.41 Å². The average Bonchev–Trinajstić information content (AvgIpc) is 2.71. The van der Waals surface area contributed by atoms with Crippen LogP contribution in [0.15, 0.2) is 48.5 Å². The SMILES string of the molecule is Cc1c(C=N)c2ccccc2n1-c1ccc(O)cc1. The summed E-state index contributed by atoms with van der Waals surface area (Å²) < 4.78 is 2.11. The number of hydrogen-bond acceptors (Lipinski definition) is 2. The Kier molecular flexibility index (Phi) is 2.60. The van der Waals surface area contributed by atoms with E-state index in [9.17, 15) is 5.11 Å². The fourth-order valence-corrected chi connectivity index (χ4v) is 2.51. The molecule has 2 N–H and O–H groups in total. The quantitative estimate of drug-likeness (QED) is 0.670. The van der Waals surface area contributed by atoms with Gasteiger partial charge in [-0.15, -0.1) is 0 Å². The molecule has 0 aliphatic heterocycles. The smallest absolute Gasteiger partial charge is 0.115 e. The Hall–Kier alpha value is -2.55. The van der Waals surface area contributed by atoms with Crippen molar-refractivity contribution in [3.8, 4) is 11.4 Å². The summed E-state index contributed by atoms with van der Waals surface area (Å²) >= 11 is 0. The van der Waals surface area contributed by atoms with Crippen molar-refractivity contribution in [2.75, 3.05) is 0 Å². The molecule has 1 heterocycles. The van der Waals surface area contributed by atoms with Crippen molar-refractivity contribution in [2.24, 2.45) is 0 Å². The molecule has 0 radical (unpaired) electrons. The lowest BCUT2D eigenvalue weighted by atomic mass is 10.1. The maximum Gasteiger partial charge on any atom is 0.115 e. The number of hydrogen-bond donors (Lipinski definition) is 2. The van der Waals surface area contributed by atoms with E-state index in [1.165, 1.54) is 6.21 Å². The summed E-state index contributed by atoms with van der Waals surface area (Å²) in [7, 11) is 0. The molecule has 0 aliphatic rings. The molecule has 2 aromatic carbocycles. The van der Waals surface area contributed by atoms with Crippen molar-refractivity contribution >= 4 is 17.1 Å². The molecule has 0 saturated carbocycles. The molecule has 0 unspecified atom stereocenters. The number of aromatic hydroxyl groups is 1. The molecular formula is C16H14N2O. The van der Waals surface area contributed by atoms with Crippen LogP contribution in [0, 0.1) is 12.3 Å². The molecule has 3 nitrogen and oxygen atoms in total. The zero-order chi connectivity index (χ0) is 13.4. The van der Waals surface area contributed by atoms with E-state index in [0.717, 1.165) is 27.8 Å². The van der Waals surface area contributed by atoms with Crippen molar-refractivity contribution in [2.45, 2.75) is 6.92 Å². The Morgan fingerprint density at radius 1 is 1.05 bits per heavy atom. The van der Waals surface area contributed by atoms with Crippen LogP contribution in [0.3, 0.4) is 0 Å². The van der Waals surface area contributed by atoms with Crippen LogP contribution in [0.25, 0.3) is 16.6 Å². The molecule has 19 heavy (non-hydrogen) atoms. The topological polar surface area (TPSA) is 49.0 Å². The molecule has 3 rings (SSSR count). The highest BCUT2D eigenvalue weighted by Gasteiger charge is 2.12. The van der Waals surface area contributed by atoms with Crippen LogP contribution in [-0.2, 0) is 0 Å². The maximum atomic E-state index is 9.39. The molecule has 0 fully saturated rings. The van der Waals surface area contributed by atoms with Gasteiger partial charge in [0.1, 0.15) is 5.75 Å². The number of rotatable bonds is 2. The summed E-state index contributed by atoms with van der Waals surface area (Å²) in [6.45, 7) is 2.01. The van der Waals surface area contributed by atoms with E-state index in [0.29, 0.717) is 0 Å². The van der Waals surface area contributed by atoms with Crippen LogP contribution in [0.1, 0.15) is 11.3 Å². The summed E-state index contributed by atoms with van der Waals surface area (Å²) in [6.07, 6.45) is 1.40. The number of phenols is 1. The van der Waals surface area contributed by atoms with Crippen molar-refractivity contribution in [1.82, 2.24) is 4.57 Å². The molecule has 3 aromatic rings. The van der Waals surface area contributed by atoms with Crippen molar-refractivity contribution < 1.29 is 5.11 Å². The van der Waals surface area contributed by atoms with E-state index in [1.807, 2.05) is 43.3 Å². The standard InChI is InChI=1S/C16H14N2O/c1-11-15(10-17)14-4-2-3-5-16(14)18(11)12-6-8-13(19)9-7-12/h2-10,17,19H,1H3. The Labute approximate surface area is 111 Å². The van der Waals surface area contributed by atoms with Gasteiger partial charge in [-0.1, -0.05) is 18.2 Å². The first-order valence-electron chi connectivity index (χ1n) is 6.12. The molecule has 0 aliphatic carbocycles. The van der Waals surface area contributed by atoms with E-state index < -0.39 is 0 Å². The van der Waals surface area contributed by atoms with Gasteiger partial charge in [0.2, 0.25) is 0 Å². The van der Waals surface area contributed by atoms with Gasteiger partial charge < -0.3 is 15.1 Å². The minimum Gasteiger partial charge on any atom is -0.508 e. The minimum atomic E-state index is 0.255. The van der Waals surface area contributed by atoms with Crippen molar-refractivity contribution in [3.05, 3.63) is 59.8 Å². The molecule has 0 atom stereocenters. The normalized spacial score (nSPS) is 10.8. The number of para-hydroxylation sites is 1. The maximum absolute atomic E-state index is 9.39. The van der Waals surface area contributed by atoms with Gasteiger partial charge in [-0.05, 0) is 37.3 Å². The highest BCUT2D eigenvalue weighted by atomic mass is 16.3. The summed E-state index contributed by atoms with van der Waals surface area (Å²) in [5, 5.41) is 18.1. The lowest BCUT2D eigenvalue weighted by Crippen LogP contribution is -1.96. The third-order valence-corrected chi connectivity index (χ3v) is 3.41. The molecule has 0 bridgehead atoms. The largest absolute Gasteiger partial charge is 0.508 e. The van der Waals surface area contributed by atoms with Gasteiger partial charge in [0.15, 0.2) is 0 Å². The van der Waals surface area contributed by atoms with Gasteiger partial charge in [-0.25, -0.2) is 0 Å². The Balaban J connectivity index is 2.37. The second-order valence-electron chi connectivity index (χ2n) is 4.51. The first-order chi connectivity index (χ1) is 9.22. The van der Waals surface area contributed by atoms with Crippen LogP contribution >= 0.6 is 0 Å². The minimum absolute atomic E-state index is 0.255. The van der Waals surface area contributed by atoms with Gasteiger partial charge in [0.25, 0.3) is 0 Å². The lowest BCUT2D eigenvalue weighted by molar-refractivity contribution is 0.475. The van der Waals surface area contributed by atoms with Gasteiger partial charge in [0, 0.05) is 28.5 Å². The third kappa shape index (κ3) is 1.71. The molecule has 0 spiro atoms. The summed E-state index contributed by atoms with van der Waals surface area (Å²) in [5.41, 5.74) is 4.02. The number of fused-ring (bicyclic) bond motifs is 1. The van der Waals surface area contributed by atoms with Crippen LogP contribution in [0.4, 0.5) is 0 Å². The van der Waals surface area contributed by atoms with Crippen molar-refractivity contribution in [1.29, 1.82) is 5.41 Å². The number of nitrogens with zero attached hydrogens (tertiary/aromatic N) is 1. The zero-order valence-electron chi connectivity index (χ0n) is 10.6. The first-order valence-corrected chi connectivity index (χ1v) is 6.12. The molecule has 1 aromatic heterocycles. The van der Waals surface area contributed by atoms with Crippen LogP contribution in [0.2, 0.25) is 0 Å². The number of phenolic OH excluding ortho intramolecular Hbond substituents is 1. The van der Waals surface area contributed by atoms with Gasteiger partial charge >= 0.3 is 0 Å². The summed E-state index contributed by atoms with van der Waals surface area (Å²) in [4.78, 5) is 0. The second-order valence-corrected chi connectivity index (χ2v) is 4.51. The van der Waals surface area contributed by atoms with E-state index in [1.54, 1.807) is 12.1 Å². The number of aromatic nitrogens is 1. The molecule has 0 saturated heterocycles. The fourth-order valence-electron chi connectivity index (χ4n) is 2.51.